The summed E-state index contributed by atoms with van der Waals surface area (Å²) in [6.07, 6.45) is 4.23. The number of carbonyl (C=O) groups excluding carboxylic acids is 1. The van der Waals surface area contributed by atoms with Gasteiger partial charge in [-0.05, 0) is 37.7 Å². The zero-order valence-corrected chi connectivity index (χ0v) is 15.6. The molecule has 144 valence electrons. The van der Waals surface area contributed by atoms with Crippen molar-refractivity contribution in [2.75, 3.05) is 33.8 Å². The average molecular weight is 366 g/mol. The first-order valence-corrected chi connectivity index (χ1v) is 9.37. The number of likely N-dealkylation sites (tertiary alicyclic amines) is 1. The summed E-state index contributed by atoms with van der Waals surface area (Å²) in [4.78, 5) is 15.9. The predicted molar refractivity (Wildman–Crippen MR) is 95.6 cm³/mol. The fourth-order valence-corrected chi connectivity index (χ4v) is 4.09. The van der Waals surface area contributed by atoms with Gasteiger partial charge in [0.25, 0.3) is 0 Å². The van der Waals surface area contributed by atoms with E-state index in [1.54, 1.807) is 19.0 Å². The molecule has 3 rings (SSSR count). The van der Waals surface area contributed by atoms with Crippen LogP contribution in [0.5, 0.6) is 0 Å². The molecule has 2 aliphatic rings. The van der Waals surface area contributed by atoms with Gasteiger partial charge >= 0.3 is 0 Å². The van der Waals surface area contributed by atoms with Crippen LogP contribution in [0.4, 0.5) is 8.78 Å². The number of nitrogens with zero attached hydrogens (tertiary/aromatic N) is 2. The van der Waals surface area contributed by atoms with Crippen LogP contribution in [-0.4, -0.2) is 55.1 Å². The van der Waals surface area contributed by atoms with Gasteiger partial charge in [0, 0.05) is 58.4 Å². The summed E-state index contributed by atoms with van der Waals surface area (Å²) < 4.78 is 33.1. The van der Waals surface area contributed by atoms with Crippen molar-refractivity contribution in [3.63, 3.8) is 0 Å². The van der Waals surface area contributed by atoms with Crippen molar-refractivity contribution in [3.8, 4) is 0 Å². The number of benzene rings is 1. The summed E-state index contributed by atoms with van der Waals surface area (Å²) in [5.74, 6) is -0.477. The van der Waals surface area contributed by atoms with E-state index >= 15 is 0 Å². The Morgan fingerprint density at radius 1 is 1.31 bits per heavy atom. The summed E-state index contributed by atoms with van der Waals surface area (Å²) in [5.41, 5.74) is 0.384. The van der Waals surface area contributed by atoms with Crippen LogP contribution in [0, 0.1) is 17.6 Å². The lowest BCUT2D eigenvalue weighted by Gasteiger charge is -2.46. The molecule has 2 fully saturated rings. The molecule has 0 aromatic heterocycles. The first-order chi connectivity index (χ1) is 12.4. The highest BCUT2D eigenvalue weighted by molar-refractivity contribution is 5.75. The van der Waals surface area contributed by atoms with Crippen molar-refractivity contribution < 1.29 is 18.3 Å². The fraction of sp³-hybridized carbons (Fsp3) is 0.650. The highest BCUT2D eigenvalue weighted by Gasteiger charge is 2.40. The van der Waals surface area contributed by atoms with Crippen LogP contribution in [0.15, 0.2) is 18.2 Å². The van der Waals surface area contributed by atoms with Crippen LogP contribution in [-0.2, 0) is 16.1 Å². The maximum absolute atomic E-state index is 13.9. The minimum atomic E-state index is -0.544. The lowest BCUT2D eigenvalue weighted by Crippen LogP contribution is -2.49. The van der Waals surface area contributed by atoms with Crippen LogP contribution < -0.4 is 0 Å². The number of carbonyl (C=O) groups is 1. The maximum Gasteiger partial charge on any atom is 0.222 e. The van der Waals surface area contributed by atoms with E-state index in [-0.39, 0.29) is 11.5 Å². The number of piperidine rings is 1. The zero-order chi connectivity index (χ0) is 18.7. The number of hydrogen-bond acceptors (Lipinski definition) is 3. The van der Waals surface area contributed by atoms with Gasteiger partial charge in [-0.15, -0.1) is 0 Å². The molecule has 1 aromatic rings. The molecule has 1 spiro atoms. The Morgan fingerprint density at radius 2 is 2.04 bits per heavy atom. The lowest BCUT2D eigenvalue weighted by atomic mass is 9.78. The van der Waals surface area contributed by atoms with Gasteiger partial charge in [0.2, 0.25) is 5.91 Å². The Labute approximate surface area is 154 Å². The zero-order valence-electron chi connectivity index (χ0n) is 15.6. The predicted octanol–water partition coefficient (Wildman–Crippen LogP) is 3.20. The lowest BCUT2D eigenvalue weighted by molar-refractivity contribution is -0.140. The Kier molecular flexibility index (Phi) is 5.92. The standard InChI is InChI=1S/C20H28F2N2O2/c1-23(2)19(25)11-15-5-10-26-20(13-15)6-8-24(9-7-20)14-16-3-4-17(21)12-18(16)22/h3-4,12,15H,5-11,13-14H2,1-2H3. The van der Waals surface area contributed by atoms with E-state index in [0.29, 0.717) is 31.1 Å². The molecule has 0 N–H and O–H groups in total. The second-order valence-electron chi connectivity index (χ2n) is 7.89. The van der Waals surface area contributed by atoms with Crippen molar-refractivity contribution in [1.29, 1.82) is 0 Å². The fourth-order valence-electron chi connectivity index (χ4n) is 4.09. The van der Waals surface area contributed by atoms with Crippen LogP contribution in [0.2, 0.25) is 0 Å². The van der Waals surface area contributed by atoms with E-state index in [1.807, 2.05) is 0 Å². The van der Waals surface area contributed by atoms with Crippen LogP contribution in [0.3, 0.4) is 0 Å². The van der Waals surface area contributed by atoms with Gasteiger partial charge in [-0.2, -0.15) is 0 Å². The van der Waals surface area contributed by atoms with E-state index in [4.69, 9.17) is 4.74 Å². The topological polar surface area (TPSA) is 32.8 Å². The van der Waals surface area contributed by atoms with Crippen LogP contribution in [0.25, 0.3) is 0 Å². The van der Waals surface area contributed by atoms with Crippen molar-refractivity contribution in [2.45, 2.75) is 44.2 Å². The number of hydrogen-bond donors (Lipinski definition) is 0. The van der Waals surface area contributed by atoms with E-state index in [2.05, 4.69) is 4.90 Å². The van der Waals surface area contributed by atoms with Gasteiger partial charge in [-0.3, -0.25) is 9.69 Å². The molecule has 4 nitrogen and oxygen atoms in total. The number of halogens is 2. The van der Waals surface area contributed by atoms with Crippen LogP contribution >= 0.6 is 0 Å². The summed E-state index contributed by atoms with van der Waals surface area (Å²) in [5, 5.41) is 0. The largest absolute Gasteiger partial charge is 0.375 e. The SMILES string of the molecule is CN(C)C(=O)CC1CCOC2(CCN(Cc3ccc(F)cc3F)CC2)C1. The average Bonchev–Trinajstić information content (AvgIpc) is 2.59. The third-order valence-electron chi connectivity index (χ3n) is 5.73. The second-order valence-corrected chi connectivity index (χ2v) is 7.89. The molecule has 2 saturated heterocycles. The third-order valence-corrected chi connectivity index (χ3v) is 5.73. The Bertz CT molecular complexity index is 643. The Hall–Kier alpha value is -1.53. The molecule has 1 amide bonds. The van der Waals surface area contributed by atoms with E-state index in [9.17, 15) is 13.6 Å². The highest BCUT2D eigenvalue weighted by atomic mass is 19.1. The highest BCUT2D eigenvalue weighted by Crippen LogP contribution is 2.39. The first-order valence-electron chi connectivity index (χ1n) is 9.37. The minimum Gasteiger partial charge on any atom is -0.375 e. The summed E-state index contributed by atoms with van der Waals surface area (Å²) >= 11 is 0. The summed E-state index contributed by atoms with van der Waals surface area (Å²) in [6, 6.07) is 3.77. The van der Waals surface area contributed by atoms with Crippen LogP contribution in [0.1, 0.15) is 37.7 Å². The minimum absolute atomic E-state index is 0.145. The summed E-state index contributed by atoms with van der Waals surface area (Å²) in [7, 11) is 3.59. The molecule has 0 radical (unpaired) electrons. The molecule has 0 saturated carbocycles. The Morgan fingerprint density at radius 3 is 2.69 bits per heavy atom. The van der Waals surface area contributed by atoms with E-state index < -0.39 is 11.6 Å². The maximum atomic E-state index is 13.9. The molecule has 2 aliphatic heterocycles. The number of amides is 1. The molecule has 26 heavy (non-hydrogen) atoms. The van der Waals surface area contributed by atoms with Gasteiger partial charge in [0.1, 0.15) is 11.6 Å². The van der Waals surface area contributed by atoms with Gasteiger partial charge in [-0.1, -0.05) is 6.07 Å². The van der Waals surface area contributed by atoms with Crippen molar-refractivity contribution >= 4 is 5.91 Å². The van der Waals surface area contributed by atoms with E-state index in [0.717, 1.165) is 44.8 Å². The first kappa shape index (κ1) is 19.2. The number of ether oxygens (including phenoxy) is 1. The number of rotatable bonds is 4. The molecule has 2 heterocycles. The van der Waals surface area contributed by atoms with Gasteiger partial charge in [0.15, 0.2) is 0 Å². The molecule has 6 heteroatoms. The quantitative estimate of drug-likeness (QED) is 0.820. The molecular formula is C20H28F2N2O2. The van der Waals surface area contributed by atoms with Crippen molar-refractivity contribution in [1.82, 2.24) is 9.80 Å². The van der Waals surface area contributed by atoms with Crippen molar-refractivity contribution in [2.24, 2.45) is 5.92 Å². The van der Waals surface area contributed by atoms with Crippen molar-refractivity contribution in [3.05, 3.63) is 35.4 Å². The second kappa shape index (κ2) is 8.01. The van der Waals surface area contributed by atoms with Gasteiger partial charge in [0.05, 0.1) is 5.60 Å². The van der Waals surface area contributed by atoms with E-state index in [1.165, 1.54) is 12.1 Å². The third kappa shape index (κ3) is 4.60. The monoisotopic (exact) mass is 366 g/mol. The van der Waals surface area contributed by atoms with Gasteiger partial charge < -0.3 is 9.64 Å². The molecular weight excluding hydrogens is 338 g/mol. The Balaban J connectivity index is 1.54. The normalized spacial score (nSPS) is 23.2. The molecule has 1 aromatic carbocycles. The smallest absolute Gasteiger partial charge is 0.222 e. The molecule has 1 atom stereocenters. The molecule has 1 unspecified atom stereocenters. The molecule has 0 bridgehead atoms. The summed E-state index contributed by atoms with van der Waals surface area (Å²) in [6.45, 7) is 2.85. The van der Waals surface area contributed by atoms with Gasteiger partial charge in [-0.25, -0.2) is 8.78 Å². The molecule has 0 aliphatic carbocycles.